The van der Waals surface area contributed by atoms with E-state index in [1.165, 1.54) is 11.3 Å². The summed E-state index contributed by atoms with van der Waals surface area (Å²) in [5, 5.41) is 10.3. The first-order chi connectivity index (χ1) is 13.6. The standard InChI is InChI=1S/C20H24ClN3O3S/c1-27-18-5-4-15(21)11-17(18)24-9-6-16(12-24)23-19(25)3-2-8-22-20(26)14-7-10-28-13-14/h4-5,7,10-11,13,16H,2-3,6,8-9,12H2,1H3,(H,22,26)(H,23,25). The molecular formula is C20H24ClN3O3S. The van der Waals surface area contributed by atoms with E-state index in [1.807, 2.05) is 22.9 Å². The second-order valence-electron chi connectivity index (χ2n) is 6.69. The van der Waals surface area contributed by atoms with Crippen molar-refractivity contribution in [2.75, 3.05) is 31.6 Å². The average Bonchev–Trinajstić information content (AvgIpc) is 3.37. The number of nitrogens with one attached hydrogen (secondary N) is 2. The molecule has 1 saturated heterocycles. The van der Waals surface area contributed by atoms with Crippen molar-refractivity contribution in [3.05, 3.63) is 45.6 Å². The summed E-state index contributed by atoms with van der Waals surface area (Å²) in [7, 11) is 1.64. The second kappa shape index (κ2) is 9.80. The van der Waals surface area contributed by atoms with Crippen molar-refractivity contribution < 1.29 is 14.3 Å². The normalized spacial score (nSPS) is 16.1. The molecule has 0 spiro atoms. The summed E-state index contributed by atoms with van der Waals surface area (Å²) < 4.78 is 5.42. The van der Waals surface area contributed by atoms with Crippen LogP contribution in [-0.4, -0.2) is 44.6 Å². The Hall–Kier alpha value is -2.25. The van der Waals surface area contributed by atoms with Gasteiger partial charge in [0.1, 0.15) is 5.75 Å². The van der Waals surface area contributed by atoms with Crippen LogP contribution in [0.25, 0.3) is 0 Å². The number of halogens is 1. The van der Waals surface area contributed by atoms with E-state index in [4.69, 9.17) is 16.3 Å². The topological polar surface area (TPSA) is 70.7 Å². The van der Waals surface area contributed by atoms with Crippen molar-refractivity contribution in [1.82, 2.24) is 10.6 Å². The molecule has 0 saturated carbocycles. The molecule has 1 aliphatic heterocycles. The van der Waals surface area contributed by atoms with E-state index < -0.39 is 0 Å². The molecule has 1 fully saturated rings. The van der Waals surface area contributed by atoms with Crippen molar-refractivity contribution in [2.24, 2.45) is 0 Å². The first-order valence-electron chi connectivity index (χ1n) is 9.25. The maximum atomic E-state index is 12.2. The SMILES string of the molecule is COc1ccc(Cl)cc1N1CCC(NC(=O)CCCNC(=O)c2ccsc2)C1. The third-order valence-electron chi connectivity index (χ3n) is 4.68. The molecule has 2 aromatic rings. The Kier molecular flexibility index (Phi) is 7.17. The van der Waals surface area contributed by atoms with Crippen molar-refractivity contribution >= 4 is 40.4 Å². The van der Waals surface area contributed by atoms with Crippen molar-refractivity contribution in [1.29, 1.82) is 0 Å². The molecule has 28 heavy (non-hydrogen) atoms. The van der Waals surface area contributed by atoms with Crippen LogP contribution in [-0.2, 0) is 4.79 Å². The van der Waals surface area contributed by atoms with Crippen LogP contribution in [0.3, 0.4) is 0 Å². The average molecular weight is 422 g/mol. The molecule has 6 nitrogen and oxygen atoms in total. The quantitative estimate of drug-likeness (QED) is 0.641. The van der Waals surface area contributed by atoms with Crippen molar-refractivity contribution in [3.8, 4) is 5.75 Å². The van der Waals surface area contributed by atoms with Gasteiger partial charge in [0.2, 0.25) is 5.91 Å². The first kappa shape index (κ1) is 20.5. The van der Waals surface area contributed by atoms with E-state index in [2.05, 4.69) is 15.5 Å². The number of anilines is 1. The van der Waals surface area contributed by atoms with Gasteiger partial charge in [0.25, 0.3) is 5.91 Å². The minimum Gasteiger partial charge on any atom is -0.495 e. The summed E-state index contributed by atoms with van der Waals surface area (Å²) in [6.45, 7) is 2.04. The van der Waals surface area contributed by atoms with E-state index in [0.29, 0.717) is 30.0 Å². The van der Waals surface area contributed by atoms with Gasteiger partial charge in [-0.05, 0) is 42.5 Å². The fourth-order valence-electron chi connectivity index (χ4n) is 3.25. The molecule has 1 atom stereocenters. The lowest BCUT2D eigenvalue weighted by Gasteiger charge is -2.21. The number of carbonyl (C=O) groups excluding carboxylic acids is 2. The van der Waals surface area contributed by atoms with Gasteiger partial charge in [0.05, 0.1) is 12.8 Å². The Bertz CT molecular complexity index is 813. The molecule has 150 valence electrons. The number of nitrogens with zero attached hydrogens (tertiary/aromatic N) is 1. The third-order valence-corrected chi connectivity index (χ3v) is 5.60. The van der Waals surface area contributed by atoms with Crippen LogP contribution in [0, 0.1) is 0 Å². The summed E-state index contributed by atoms with van der Waals surface area (Å²) in [4.78, 5) is 26.2. The highest BCUT2D eigenvalue weighted by Gasteiger charge is 2.26. The number of carbonyl (C=O) groups is 2. The van der Waals surface area contributed by atoms with E-state index in [-0.39, 0.29) is 17.9 Å². The molecule has 1 unspecified atom stereocenters. The maximum Gasteiger partial charge on any atom is 0.252 e. The summed E-state index contributed by atoms with van der Waals surface area (Å²) in [6, 6.07) is 7.43. The molecular weight excluding hydrogens is 398 g/mol. The first-order valence-corrected chi connectivity index (χ1v) is 10.6. The molecule has 1 aromatic heterocycles. The Morgan fingerprint density at radius 3 is 2.96 bits per heavy atom. The van der Waals surface area contributed by atoms with Gasteiger partial charge in [0.15, 0.2) is 0 Å². The second-order valence-corrected chi connectivity index (χ2v) is 7.90. The summed E-state index contributed by atoms with van der Waals surface area (Å²) >= 11 is 7.60. The largest absolute Gasteiger partial charge is 0.495 e. The van der Waals surface area contributed by atoms with E-state index >= 15 is 0 Å². The number of benzene rings is 1. The summed E-state index contributed by atoms with van der Waals surface area (Å²) in [5.41, 5.74) is 1.61. The molecule has 2 amide bonds. The molecule has 0 aliphatic carbocycles. The van der Waals surface area contributed by atoms with Crippen molar-refractivity contribution in [3.63, 3.8) is 0 Å². The Labute approximate surface area is 173 Å². The minimum absolute atomic E-state index is 0.00897. The highest BCUT2D eigenvalue weighted by molar-refractivity contribution is 7.08. The number of rotatable bonds is 8. The van der Waals surface area contributed by atoms with Crippen LogP contribution < -0.4 is 20.3 Å². The number of methoxy groups -OCH3 is 1. The molecule has 0 radical (unpaired) electrons. The van der Waals surface area contributed by atoms with Gasteiger partial charge >= 0.3 is 0 Å². The van der Waals surface area contributed by atoms with Gasteiger partial charge in [-0.1, -0.05) is 11.6 Å². The van der Waals surface area contributed by atoms with Crippen LogP contribution in [0.1, 0.15) is 29.6 Å². The smallest absolute Gasteiger partial charge is 0.252 e. The lowest BCUT2D eigenvalue weighted by molar-refractivity contribution is -0.121. The number of hydrogen-bond donors (Lipinski definition) is 2. The predicted octanol–water partition coefficient (Wildman–Crippen LogP) is 3.32. The van der Waals surface area contributed by atoms with Crippen LogP contribution in [0.5, 0.6) is 5.75 Å². The van der Waals surface area contributed by atoms with Gasteiger partial charge in [-0.2, -0.15) is 11.3 Å². The van der Waals surface area contributed by atoms with Crippen LogP contribution in [0.2, 0.25) is 5.02 Å². The minimum atomic E-state index is -0.0939. The zero-order chi connectivity index (χ0) is 19.9. The Morgan fingerprint density at radius 1 is 1.36 bits per heavy atom. The highest BCUT2D eigenvalue weighted by Crippen LogP contribution is 2.33. The highest BCUT2D eigenvalue weighted by atomic mass is 35.5. The predicted molar refractivity (Wildman–Crippen MR) is 113 cm³/mol. The number of amides is 2. The van der Waals surface area contributed by atoms with Crippen molar-refractivity contribution in [2.45, 2.75) is 25.3 Å². The lowest BCUT2D eigenvalue weighted by atomic mass is 10.2. The zero-order valence-electron chi connectivity index (χ0n) is 15.7. The van der Waals surface area contributed by atoms with E-state index in [9.17, 15) is 9.59 Å². The monoisotopic (exact) mass is 421 g/mol. The van der Waals surface area contributed by atoms with Gasteiger partial charge in [-0.3, -0.25) is 9.59 Å². The number of ether oxygens (including phenoxy) is 1. The molecule has 1 aromatic carbocycles. The fourth-order valence-corrected chi connectivity index (χ4v) is 4.06. The molecule has 3 rings (SSSR count). The van der Waals surface area contributed by atoms with Crippen LogP contribution >= 0.6 is 22.9 Å². The molecule has 1 aliphatic rings. The van der Waals surface area contributed by atoms with Gasteiger partial charge in [-0.25, -0.2) is 0 Å². The maximum absolute atomic E-state index is 12.2. The molecule has 2 N–H and O–H groups in total. The summed E-state index contributed by atoms with van der Waals surface area (Å²) in [6.07, 6.45) is 1.87. The molecule has 2 heterocycles. The Morgan fingerprint density at radius 2 is 2.21 bits per heavy atom. The molecule has 0 bridgehead atoms. The van der Waals surface area contributed by atoms with Gasteiger partial charge in [-0.15, -0.1) is 0 Å². The Balaban J connectivity index is 1.40. The summed E-state index contributed by atoms with van der Waals surface area (Å²) in [5.74, 6) is 0.691. The van der Waals surface area contributed by atoms with Crippen LogP contribution in [0.15, 0.2) is 35.0 Å². The van der Waals surface area contributed by atoms with Gasteiger partial charge in [0, 0.05) is 48.1 Å². The van der Waals surface area contributed by atoms with E-state index in [0.717, 1.165) is 30.9 Å². The third kappa shape index (κ3) is 5.39. The number of hydrogen-bond acceptors (Lipinski definition) is 5. The number of thiophene rings is 1. The fraction of sp³-hybridized carbons (Fsp3) is 0.400. The van der Waals surface area contributed by atoms with Gasteiger partial charge < -0.3 is 20.3 Å². The van der Waals surface area contributed by atoms with Crippen LogP contribution in [0.4, 0.5) is 5.69 Å². The zero-order valence-corrected chi connectivity index (χ0v) is 17.3. The van der Waals surface area contributed by atoms with E-state index in [1.54, 1.807) is 19.2 Å². The molecule has 8 heteroatoms. The lowest BCUT2D eigenvalue weighted by Crippen LogP contribution is -2.37.